The maximum absolute atomic E-state index is 12.1. The standard InChI is InChI=1S/C17H21NO3/c1-11-3-4-15(9-14(11)7-8-16(19)20)17(21)18-10-12(2)13-5-6-13/h3-4,7-9,12-13H,5-6,10H2,1-2H3,(H,18,21)(H,19,20)/b8-7+. The summed E-state index contributed by atoms with van der Waals surface area (Å²) in [5.41, 5.74) is 2.25. The number of carboxylic acid groups (broad SMARTS) is 1. The van der Waals surface area contributed by atoms with Gasteiger partial charge in [-0.1, -0.05) is 13.0 Å². The van der Waals surface area contributed by atoms with E-state index in [9.17, 15) is 9.59 Å². The van der Waals surface area contributed by atoms with Crippen LogP contribution in [0.4, 0.5) is 0 Å². The summed E-state index contributed by atoms with van der Waals surface area (Å²) in [5, 5.41) is 11.6. The van der Waals surface area contributed by atoms with E-state index in [-0.39, 0.29) is 5.91 Å². The van der Waals surface area contributed by atoms with Crippen LogP contribution in [0.3, 0.4) is 0 Å². The van der Waals surface area contributed by atoms with Gasteiger partial charge >= 0.3 is 5.97 Å². The molecule has 1 aromatic rings. The highest BCUT2D eigenvalue weighted by Gasteiger charge is 2.27. The zero-order valence-corrected chi connectivity index (χ0v) is 12.4. The summed E-state index contributed by atoms with van der Waals surface area (Å²) in [7, 11) is 0. The summed E-state index contributed by atoms with van der Waals surface area (Å²) in [5.74, 6) is 0.179. The third kappa shape index (κ3) is 4.45. The van der Waals surface area contributed by atoms with Crippen molar-refractivity contribution < 1.29 is 14.7 Å². The van der Waals surface area contributed by atoms with E-state index < -0.39 is 5.97 Å². The van der Waals surface area contributed by atoms with E-state index in [1.807, 2.05) is 13.0 Å². The molecule has 2 N–H and O–H groups in total. The van der Waals surface area contributed by atoms with Crippen LogP contribution >= 0.6 is 0 Å². The minimum Gasteiger partial charge on any atom is -0.478 e. The fraction of sp³-hybridized carbons (Fsp3) is 0.412. The molecule has 1 fully saturated rings. The van der Waals surface area contributed by atoms with Gasteiger partial charge in [0.15, 0.2) is 0 Å². The molecule has 2 rings (SSSR count). The van der Waals surface area contributed by atoms with Gasteiger partial charge in [-0.3, -0.25) is 4.79 Å². The largest absolute Gasteiger partial charge is 0.478 e. The van der Waals surface area contributed by atoms with E-state index in [4.69, 9.17) is 5.11 Å². The summed E-state index contributed by atoms with van der Waals surface area (Å²) < 4.78 is 0. The number of benzene rings is 1. The summed E-state index contributed by atoms with van der Waals surface area (Å²) in [6, 6.07) is 5.33. The number of nitrogens with one attached hydrogen (secondary N) is 1. The minimum atomic E-state index is -0.998. The number of carbonyl (C=O) groups is 2. The fourth-order valence-corrected chi connectivity index (χ4v) is 2.31. The van der Waals surface area contributed by atoms with Gasteiger partial charge in [0.2, 0.25) is 0 Å². The number of aliphatic carboxylic acids is 1. The predicted octanol–water partition coefficient (Wildman–Crippen LogP) is 2.87. The average molecular weight is 287 g/mol. The number of rotatable bonds is 6. The molecular formula is C17H21NO3. The molecule has 1 aromatic carbocycles. The third-order valence-electron chi connectivity index (χ3n) is 3.96. The third-order valence-corrected chi connectivity index (χ3v) is 3.96. The number of hydrogen-bond donors (Lipinski definition) is 2. The zero-order chi connectivity index (χ0) is 15.4. The van der Waals surface area contributed by atoms with Crippen molar-refractivity contribution in [1.82, 2.24) is 5.32 Å². The Kier molecular flexibility index (Phi) is 4.78. The molecule has 1 amide bonds. The number of carbonyl (C=O) groups excluding carboxylic acids is 1. The van der Waals surface area contributed by atoms with Crippen molar-refractivity contribution in [2.45, 2.75) is 26.7 Å². The first kappa shape index (κ1) is 15.3. The Labute approximate surface area is 124 Å². The van der Waals surface area contributed by atoms with Crippen LogP contribution in [0.5, 0.6) is 0 Å². The second kappa shape index (κ2) is 6.57. The van der Waals surface area contributed by atoms with Crippen LogP contribution in [-0.2, 0) is 4.79 Å². The zero-order valence-electron chi connectivity index (χ0n) is 12.4. The van der Waals surface area contributed by atoms with Crippen LogP contribution in [0, 0.1) is 18.8 Å². The Hall–Kier alpha value is -2.10. The monoisotopic (exact) mass is 287 g/mol. The Morgan fingerprint density at radius 3 is 2.76 bits per heavy atom. The van der Waals surface area contributed by atoms with Crippen molar-refractivity contribution in [2.24, 2.45) is 11.8 Å². The van der Waals surface area contributed by atoms with Gasteiger partial charge in [-0.05, 0) is 60.9 Å². The van der Waals surface area contributed by atoms with Crippen LogP contribution in [0.25, 0.3) is 6.08 Å². The van der Waals surface area contributed by atoms with Crippen LogP contribution in [0.15, 0.2) is 24.3 Å². The van der Waals surface area contributed by atoms with E-state index in [0.717, 1.165) is 23.1 Å². The molecule has 0 bridgehead atoms. The second-order valence-electron chi connectivity index (χ2n) is 5.77. The lowest BCUT2D eigenvalue weighted by atomic mass is 10.0. The normalized spacial score (nSPS) is 15.9. The van der Waals surface area contributed by atoms with Crippen molar-refractivity contribution in [3.63, 3.8) is 0 Å². The van der Waals surface area contributed by atoms with Gasteiger partial charge in [0.25, 0.3) is 5.91 Å². The first-order valence-electron chi connectivity index (χ1n) is 7.27. The topological polar surface area (TPSA) is 66.4 Å². The number of aryl methyl sites for hydroxylation is 1. The molecule has 1 aliphatic rings. The molecule has 21 heavy (non-hydrogen) atoms. The van der Waals surface area contributed by atoms with Gasteiger partial charge < -0.3 is 10.4 Å². The van der Waals surface area contributed by atoms with E-state index in [0.29, 0.717) is 18.0 Å². The molecule has 1 atom stereocenters. The average Bonchev–Trinajstić information content (AvgIpc) is 3.28. The highest BCUT2D eigenvalue weighted by Crippen LogP contribution is 2.36. The second-order valence-corrected chi connectivity index (χ2v) is 5.77. The molecule has 0 radical (unpaired) electrons. The smallest absolute Gasteiger partial charge is 0.328 e. The summed E-state index contributed by atoms with van der Waals surface area (Å²) in [6.45, 7) is 4.74. The Morgan fingerprint density at radius 2 is 2.14 bits per heavy atom. The van der Waals surface area contributed by atoms with E-state index >= 15 is 0 Å². The van der Waals surface area contributed by atoms with Gasteiger partial charge in [-0.15, -0.1) is 0 Å². The van der Waals surface area contributed by atoms with Crippen LogP contribution < -0.4 is 5.32 Å². The molecular weight excluding hydrogens is 266 g/mol. The van der Waals surface area contributed by atoms with Crippen molar-refractivity contribution in [2.75, 3.05) is 6.54 Å². The highest BCUT2D eigenvalue weighted by atomic mass is 16.4. The molecule has 1 unspecified atom stereocenters. The molecule has 4 nitrogen and oxygen atoms in total. The molecule has 0 aromatic heterocycles. The van der Waals surface area contributed by atoms with Crippen LogP contribution in [0.2, 0.25) is 0 Å². The first-order chi connectivity index (χ1) is 9.97. The number of hydrogen-bond acceptors (Lipinski definition) is 2. The lowest BCUT2D eigenvalue weighted by Crippen LogP contribution is -2.29. The first-order valence-corrected chi connectivity index (χ1v) is 7.27. The summed E-state index contributed by atoms with van der Waals surface area (Å²) >= 11 is 0. The molecule has 4 heteroatoms. The maximum Gasteiger partial charge on any atom is 0.328 e. The van der Waals surface area contributed by atoms with Gasteiger partial charge in [0.05, 0.1) is 0 Å². The quantitative estimate of drug-likeness (QED) is 0.791. The predicted molar refractivity (Wildman–Crippen MR) is 82.1 cm³/mol. The van der Waals surface area contributed by atoms with Crippen LogP contribution in [-0.4, -0.2) is 23.5 Å². The molecule has 0 saturated heterocycles. The van der Waals surface area contributed by atoms with E-state index in [1.165, 1.54) is 18.9 Å². The van der Waals surface area contributed by atoms with Crippen molar-refractivity contribution in [1.29, 1.82) is 0 Å². The molecule has 0 spiro atoms. The summed E-state index contributed by atoms with van der Waals surface area (Å²) in [4.78, 5) is 22.7. The maximum atomic E-state index is 12.1. The lowest BCUT2D eigenvalue weighted by Gasteiger charge is -2.12. The Bertz CT molecular complexity index is 573. The molecule has 112 valence electrons. The van der Waals surface area contributed by atoms with Crippen LogP contribution in [0.1, 0.15) is 41.3 Å². The fourth-order valence-electron chi connectivity index (χ4n) is 2.31. The van der Waals surface area contributed by atoms with Crippen molar-refractivity contribution >= 4 is 18.0 Å². The van der Waals surface area contributed by atoms with Gasteiger partial charge in [-0.2, -0.15) is 0 Å². The van der Waals surface area contributed by atoms with Gasteiger partial charge in [0, 0.05) is 18.2 Å². The minimum absolute atomic E-state index is 0.104. The molecule has 0 aliphatic heterocycles. The number of amides is 1. The molecule has 1 aliphatic carbocycles. The summed E-state index contributed by atoms with van der Waals surface area (Å²) in [6.07, 6.45) is 5.14. The Morgan fingerprint density at radius 1 is 1.43 bits per heavy atom. The van der Waals surface area contributed by atoms with Crippen molar-refractivity contribution in [3.05, 3.63) is 41.0 Å². The van der Waals surface area contributed by atoms with Gasteiger partial charge in [-0.25, -0.2) is 4.79 Å². The highest BCUT2D eigenvalue weighted by molar-refractivity contribution is 5.95. The Balaban J connectivity index is 2.02. The molecule has 1 saturated carbocycles. The van der Waals surface area contributed by atoms with E-state index in [2.05, 4.69) is 12.2 Å². The SMILES string of the molecule is Cc1ccc(C(=O)NCC(C)C2CC2)cc1/C=C/C(=O)O. The molecule has 0 heterocycles. The number of carboxylic acids is 1. The van der Waals surface area contributed by atoms with Gasteiger partial charge in [0.1, 0.15) is 0 Å². The van der Waals surface area contributed by atoms with Crippen molar-refractivity contribution in [3.8, 4) is 0 Å². The lowest BCUT2D eigenvalue weighted by molar-refractivity contribution is -0.131. The van der Waals surface area contributed by atoms with E-state index in [1.54, 1.807) is 12.1 Å².